The van der Waals surface area contributed by atoms with Crippen LogP contribution in [0.1, 0.15) is 22.8 Å². The number of hydrogen-bond acceptors (Lipinski definition) is 2. The summed E-state index contributed by atoms with van der Waals surface area (Å²) in [5.74, 6) is 1.35. The summed E-state index contributed by atoms with van der Waals surface area (Å²) in [6, 6.07) is 13.2. The number of benzene rings is 1. The van der Waals surface area contributed by atoms with Gasteiger partial charge in [-0.25, -0.2) is 0 Å². The van der Waals surface area contributed by atoms with Crippen LogP contribution in [0.5, 0.6) is 0 Å². The van der Waals surface area contributed by atoms with E-state index in [4.69, 9.17) is 5.73 Å². The maximum Gasteiger partial charge on any atom is 0.0285 e. The Kier molecular flexibility index (Phi) is 3.55. The van der Waals surface area contributed by atoms with Gasteiger partial charge in [0.1, 0.15) is 0 Å². The summed E-state index contributed by atoms with van der Waals surface area (Å²) in [5, 5.41) is 2.13. The van der Waals surface area contributed by atoms with Crippen molar-refractivity contribution in [3.63, 3.8) is 0 Å². The first kappa shape index (κ1) is 12.4. The van der Waals surface area contributed by atoms with Gasteiger partial charge in [0.05, 0.1) is 0 Å². The molecule has 3 rings (SSSR count). The average molecular weight is 322 g/mol. The summed E-state index contributed by atoms with van der Waals surface area (Å²) in [4.78, 5) is 1.38. The first-order valence-corrected chi connectivity index (χ1v) is 7.95. The molecule has 0 saturated heterocycles. The van der Waals surface area contributed by atoms with Gasteiger partial charge in [0.25, 0.3) is 0 Å². The Balaban J connectivity index is 1.61. The summed E-state index contributed by atoms with van der Waals surface area (Å²) in [7, 11) is 0. The smallest absolute Gasteiger partial charge is 0.0285 e. The summed E-state index contributed by atoms with van der Waals surface area (Å²) in [5.41, 5.74) is 7.79. The molecule has 94 valence electrons. The van der Waals surface area contributed by atoms with Crippen molar-refractivity contribution in [1.29, 1.82) is 0 Å². The molecule has 3 unspecified atom stereocenters. The largest absolute Gasteiger partial charge is 0.327 e. The third-order valence-electron chi connectivity index (χ3n) is 3.68. The van der Waals surface area contributed by atoms with Crippen molar-refractivity contribution in [1.82, 2.24) is 0 Å². The molecule has 2 N–H and O–H groups in total. The normalized spacial score (nSPS) is 23.9. The Morgan fingerprint density at radius 3 is 2.78 bits per heavy atom. The van der Waals surface area contributed by atoms with Gasteiger partial charge >= 0.3 is 0 Å². The van der Waals surface area contributed by atoms with Gasteiger partial charge in [-0.15, -0.1) is 11.3 Å². The molecule has 1 aliphatic carbocycles. The highest BCUT2D eigenvalue weighted by atomic mass is 79.9. The van der Waals surface area contributed by atoms with E-state index in [0.29, 0.717) is 17.9 Å². The average Bonchev–Trinajstić information content (AvgIpc) is 3.09. The number of halogens is 1. The van der Waals surface area contributed by atoms with Crippen molar-refractivity contribution in [3.05, 3.63) is 56.7 Å². The van der Waals surface area contributed by atoms with Crippen LogP contribution in [0.25, 0.3) is 0 Å². The first-order chi connectivity index (χ1) is 8.74. The Hall–Kier alpha value is -0.640. The van der Waals surface area contributed by atoms with Crippen LogP contribution in [0.15, 0.2) is 46.3 Å². The van der Waals surface area contributed by atoms with E-state index < -0.39 is 0 Å². The Morgan fingerprint density at radius 1 is 1.33 bits per heavy atom. The molecular weight excluding hydrogens is 306 g/mol. The van der Waals surface area contributed by atoms with Gasteiger partial charge in [-0.2, -0.15) is 0 Å². The third-order valence-corrected chi connectivity index (χ3v) is 5.40. The van der Waals surface area contributed by atoms with Gasteiger partial charge in [-0.05, 0) is 52.2 Å². The number of hydrogen-bond donors (Lipinski definition) is 1. The predicted molar refractivity (Wildman–Crippen MR) is 81.0 cm³/mol. The van der Waals surface area contributed by atoms with Crippen molar-refractivity contribution in [3.8, 4) is 0 Å². The van der Waals surface area contributed by atoms with Crippen molar-refractivity contribution in [2.75, 3.05) is 0 Å². The van der Waals surface area contributed by atoms with Gasteiger partial charge in [-0.3, -0.25) is 0 Å². The van der Waals surface area contributed by atoms with E-state index in [0.717, 1.165) is 6.42 Å². The maximum absolute atomic E-state index is 6.34. The molecule has 0 spiro atoms. The highest BCUT2D eigenvalue weighted by molar-refractivity contribution is 9.10. The lowest BCUT2D eigenvalue weighted by Gasteiger charge is -2.10. The zero-order chi connectivity index (χ0) is 12.5. The van der Waals surface area contributed by atoms with Crippen LogP contribution in [0, 0.1) is 5.92 Å². The van der Waals surface area contributed by atoms with E-state index >= 15 is 0 Å². The molecule has 0 amide bonds. The van der Waals surface area contributed by atoms with Gasteiger partial charge in [0.15, 0.2) is 0 Å². The fourth-order valence-electron chi connectivity index (χ4n) is 2.62. The lowest BCUT2D eigenvalue weighted by atomic mass is 10.0. The molecule has 18 heavy (non-hydrogen) atoms. The fraction of sp³-hybridized carbons (Fsp3) is 0.333. The molecule has 1 nitrogen and oxygen atoms in total. The number of rotatable bonds is 4. The Morgan fingerprint density at radius 2 is 2.11 bits per heavy atom. The zero-order valence-corrected chi connectivity index (χ0v) is 12.5. The minimum atomic E-state index is 0.292. The molecular formula is C15H16BrNS. The second-order valence-corrected chi connectivity index (χ2v) is 6.93. The van der Waals surface area contributed by atoms with Crippen LogP contribution < -0.4 is 5.73 Å². The quantitative estimate of drug-likeness (QED) is 0.898. The van der Waals surface area contributed by atoms with Crippen molar-refractivity contribution < 1.29 is 0 Å². The molecule has 1 fully saturated rings. The molecule has 1 aromatic heterocycles. The van der Waals surface area contributed by atoms with E-state index in [1.165, 1.54) is 21.3 Å². The van der Waals surface area contributed by atoms with E-state index in [1.54, 1.807) is 11.3 Å². The molecule has 1 aliphatic rings. The Labute approximate surface area is 120 Å². The van der Waals surface area contributed by atoms with Crippen LogP contribution in [0.3, 0.4) is 0 Å². The highest BCUT2D eigenvalue weighted by Gasteiger charge is 2.42. The molecule has 2 aromatic rings. The summed E-state index contributed by atoms with van der Waals surface area (Å²) < 4.78 is 1.17. The van der Waals surface area contributed by atoms with Gasteiger partial charge in [0.2, 0.25) is 0 Å². The van der Waals surface area contributed by atoms with Crippen LogP contribution in [-0.2, 0) is 6.42 Å². The summed E-state index contributed by atoms with van der Waals surface area (Å²) in [6.07, 6.45) is 2.25. The van der Waals surface area contributed by atoms with Crippen LogP contribution in [0.2, 0.25) is 0 Å². The first-order valence-electron chi connectivity index (χ1n) is 6.27. The summed E-state index contributed by atoms with van der Waals surface area (Å²) in [6.45, 7) is 0. The molecule has 0 aliphatic heterocycles. The topological polar surface area (TPSA) is 26.0 Å². The molecule has 3 atom stereocenters. The van der Waals surface area contributed by atoms with E-state index in [9.17, 15) is 0 Å². The second kappa shape index (κ2) is 5.16. The molecule has 3 heteroatoms. The minimum Gasteiger partial charge on any atom is -0.327 e. The van der Waals surface area contributed by atoms with Crippen molar-refractivity contribution >= 4 is 27.3 Å². The lowest BCUT2D eigenvalue weighted by Crippen LogP contribution is -2.25. The van der Waals surface area contributed by atoms with Crippen molar-refractivity contribution in [2.45, 2.75) is 24.8 Å². The van der Waals surface area contributed by atoms with Crippen LogP contribution in [0.4, 0.5) is 0 Å². The SMILES string of the molecule is NC(Cc1cc(Br)cs1)C1CC1c1ccccc1. The van der Waals surface area contributed by atoms with E-state index in [1.807, 2.05) is 0 Å². The predicted octanol–water partition coefficient (Wildman–Crippen LogP) is 4.18. The number of thiophene rings is 1. The standard InChI is InChI=1S/C15H16BrNS/c16-11-6-12(18-9-11)7-15(17)14-8-13(14)10-4-2-1-3-5-10/h1-6,9,13-15H,7-8,17H2. The van der Waals surface area contributed by atoms with Gasteiger partial charge < -0.3 is 5.73 Å². The fourth-order valence-corrected chi connectivity index (χ4v) is 4.14. The highest BCUT2D eigenvalue weighted by Crippen LogP contribution is 2.49. The molecule has 1 aromatic carbocycles. The molecule has 0 bridgehead atoms. The van der Waals surface area contributed by atoms with Crippen LogP contribution >= 0.6 is 27.3 Å². The third kappa shape index (κ3) is 2.68. The number of nitrogens with two attached hydrogens (primary N) is 1. The molecule has 1 saturated carbocycles. The minimum absolute atomic E-state index is 0.292. The Bertz CT molecular complexity index is 522. The van der Waals surface area contributed by atoms with E-state index in [2.05, 4.69) is 57.7 Å². The second-order valence-electron chi connectivity index (χ2n) is 5.02. The molecule has 1 heterocycles. The zero-order valence-electron chi connectivity index (χ0n) is 10.1. The monoisotopic (exact) mass is 321 g/mol. The lowest BCUT2D eigenvalue weighted by molar-refractivity contribution is 0.581. The van der Waals surface area contributed by atoms with Crippen LogP contribution in [-0.4, -0.2) is 6.04 Å². The maximum atomic E-state index is 6.34. The van der Waals surface area contributed by atoms with Crippen molar-refractivity contribution in [2.24, 2.45) is 11.7 Å². The van der Waals surface area contributed by atoms with E-state index in [-0.39, 0.29) is 0 Å². The van der Waals surface area contributed by atoms with Gasteiger partial charge in [0, 0.05) is 20.8 Å². The molecule has 0 radical (unpaired) electrons. The summed E-state index contributed by atoms with van der Waals surface area (Å²) >= 11 is 5.29. The van der Waals surface area contributed by atoms with Gasteiger partial charge in [-0.1, -0.05) is 30.3 Å².